The van der Waals surface area contributed by atoms with Crippen LogP contribution >= 0.6 is 11.6 Å². The van der Waals surface area contributed by atoms with Gasteiger partial charge in [-0.2, -0.15) is 4.31 Å². The summed E-state index contributed by atoms with van der Waals surface area (Å²) in [7, 11) is -3.66. The van der Waals surface area contributed by atoms with Crippen LogP contribution in [-0.4, -0.2) is 56.3 Å². The van der Waals surface area contributed by atoms with Gasteiger partial charge in [0, 0.05) is 26.2 Å². The predicted octanol–water partition coefficient (Wildman–Crippen LogP) is 2.39. The van der Waals surface area contributed by atoms with E-state index in [2.05, 4.69) is 0 Å². The molecule has 1 heterocycles. The maximum absolute atomic E-state index is 12.7. The fourth-order valence-corrected chi connectivity index (χ4v) is 4.81. The molecular formula is C19H21ClN2O4S. The molecule has 1 fully saturated rings. The number of nitrogens with zero attached hydrogens (tertiary/aromatic N) is 2. The number of amides is 1. The quantitative estimate of drug-likeness (QED) is 0.736. The highest BCUT2D eigenvalue weighted by Gasteiger charge is 2.31. The molecule has 0 unspecified atom stereocenters. The summed E-state index contributed by atoms with van der Waals surface area (Å²) in [6.45, 7) is 1.48. The smallest absolute Gasteiger partial charge is 0.248 e. The fourth-order valence-electron chi connectivity index (χ4n) is 2.89. The second kappa shape index (κ2) is 8.84. The van der Waals surface area contributed by atoms with Gasteiger partial charge in [0.15, 0.2) is 0 Å². The number of hydrogen-bond acceptors (Lipinski definition) is 4. The lowest BCUT2D eigenvalue weighted by Crippen LogP contribution is -2.51. The highest BCUT2D eigenvalue weighted by Crippen LogP contribution is 2.25. The van der Waals surface area contributed by atoms with E-state index in [9.17, 15) is 13.2 Å². The third-order valence-electron chi connectivity index (χ3n) is 4.38. The Kier molecular flexibility index (Phi) is 6.49. The van der Waals surface area contributed by atoms with Crippen LogP contribution in [0, 0.1) is 0 Å². The standard InChI is InChI=1S/C19H21ClN2O4S/c20-17-8-4-5-9-18(17)27(24,25)22-12-10-21(11-13-22)19(23)15-26-14-16-6-2-1-3-7-16/h1-9H,10-15H2. The first kappa shape index (κ1) is 19.8. The number of piperazine rings is 1. The zero-order valence-corrected chi connectivity index (χ0v) is 16.3. The van der Waals surface area contributed by atoms with Gasteiger partial charge in [-0.15, -0.1) is 0 Å². The molecule has 0 saturated carbocycles. The lowest BCUT2D eigenvalue weighted by molar-refractivity contribution is -0.137. The number of rotatable bonds is 6. The number of benzene rings is 2. The molecule has 0 radical (unpaired) electrons. The Morgan fingerprint density at radius 3 is 2.26 bits per heavy atom. The molecule has 6 nitrogen and oxygen atoms in total. The van der Waals surface area contributed by atoms with Crippen molar-refractivity contribution in [3.63, 3.8) is 0 Å². The van der Waals surface area contributed by atoms with Gasteiger partial charge < -0.3 is 9.64 Å². The van der Waals surface area contributed by atoms with Crippen molar-refractivity contribution in [1.82, 2.24) is 9.21 Å². The van der Waals surface area contributed by atoms with Gasteiger partial charge in [-0.1, -0.05) is 54.1 Å². The van der Waals surface area contributed by atoms with E-state index in [1.54, 1.807) is 23.1 Å². The van der Waals surface area contributed by atoms with Crippen LogP contribution in [0.2, 0.25) is 5.02 Å². The molecule has 0 N–H and O–H groups in total. The van der Waals surface area contributed by atoms with E-state index < -0.39 is 10.0 Å². The molecule has 1 aliphatic heterocycles. The average molecular weight is 409 g/mol. The Hall–Kier alpha value is -1.93. The molecule has 2 aromatic rings. The van der Waals surface area contributed by atoms with Gasteiger partial charge in [-0.3, -0.25) is 4.79 Å². The minimum absolute atomic E-state index is 0.0217. The summed E-state index contributed by atoms with van der Waals surface area (Å²) in [5.74, 6) is -0.138. The van der Waals surface area contributed by atoms with Crippen molar-refractivity contribution in [3.8, 4) is 0 Å². The molecule has 144 valence electrons. The normalized spacial score (nSPS) is 15.7. The van der Waals surface area contributed by atoms with E-state index in [-0.39, 0.29) is 35.5 Å². The first-order valence-electron chi connectivity index (χ1n) is 8.62. The molecule has 0 atom stereocenters. The van der Waals surface area contributed by atoms with Gasteiger partial charge in [-0.05, 0) is 17.7 Å². The van der Waals surface area contributed by atoms with Crippen LogP contribution in [0.15, 0.2) is 59.5 Å². The summed E-state index contributed by atoms with van der Waals surface area (Å²) in [4.78, 5) is 14.0. The lowest BCUT2D eigenvalue weighted by atomic mass is 10.2. The lowest BCUT2D eigenvalue weighted by Gasteiger charge is -2.34. The van der Waals surface area contributed by atoms with Crippen LogP contribution in [0.25, 0.3) is 0 Å². The summed E-state index contributed by atoms with van der Waals surface area (Å²) in [6.07, 6.45) is 0. The Balaban J connectivity index is 1.51. The monoisotopic (exact) mass is 408 g/mol. The molecule has 1 amide bonds. The zero-order valence-electron chi connectivity index (χ0n) is 14.8. The van der Waals surface area contributed by atoms with Crippen LogP contribution in [0.1, 0.15) is 5.56 Å². The number of hydrogen-bond donors (Lipinski definition) is 0. The molecule has 27 heavy (non-hydrogen) atoms. The number of carbonyl (C=O) groups is 1. The Bertz CT molecular complexity index is 882. The van der Waals surface area contributed by atoms with Gasteiger partial charge in [0.1, 0.15) is 11.5 Å². The molecule has 0 bridgehead atoms. The summed E-state index contributed by atoms with van der Waals surface area (Å²) in [5, 5.41) is 0.199. The maximum atomic E-state index is 12.7. The fraction of sp³-hybridized carbons (Fsp3) is 0.316. The number of sulfonamides is 1. The SMILES string of the molecule is O=C(COCc1ccccc1)N1CCN(S(=O)(=O)c2ccccc2Cl)CC1. The van der Waals surface area contributed by atoms with Crippen molar-refractivity contribution in [3.05, 3.63) is 65.2 Å². The van der Waals surface area contributed by atoms with Gasteiger partial charge in [0.25, 0.3) is 0 Å². The number of ether oxygens (including phenoxy) is 1. The molecule has 1 aliphatic rings. The largest absolute Gasteiger partial charge is 0.367 e. The molecule has 2 aromatic carbocycles. The molecule has 8 heteroatoms. The Morgan fingerprint density at radius 2 is 1.59 bits per heavy atom. The van der Waals surface area contributed by atoms with Gasteiger partial charge >= 0.3 is 0 Å². The first-order chi connectivity index (χ1) is 13.0. The van der Waals surface area contributed by atoms with Gasteiger partial charge in [-0.25, -0.2) is 8.42 Å². The van der Waals surface area contributed by atoms with E-state index in [4.69, 9.17) is 16.3 Å². The highest BCUT2D eigenvalue weighted by molar-refractivity contribution is 7.89. The molecule has 0 aromatic heterocycles. The van der Waals surface area contributed by atoms with Crippen LogP contribution in [0.4, 0.5) is 0 Å². The second-order valence-electron chi connectivity index (χ2n) is 6.19. The third-order valence-corrected chi connectivity index (χ3v) is 6.78. The van der Waals surface area contributed by atoms with Crippen molar-refractivity contribution in [2.45, 2.75) is 11.5 Å². The third kappa shape index (κ3) is 4.87. The minimum atomic E-state index is -3.66. The summed E-state index contributed by atoms with van der Waals surface area (Å²) in [6, 6.07) is 16.0. The maximum Gasteiger partial charge on any atom is 0.248 e. The van der Waals surface area contributed by atoms with E-state index in [0.717, 1.165) is 5.56 Å². The minimum Gasteiger partial charge on any atom is -0.367 e. The van der Waals surface area contributed by atoms with Crippen LogP contribution in [0.5, 0.6) is 0 Å². The zero-order chi connectivity index (χ0) is 19.3. The van der Waals surface area contributed by atoms with Gasteiger partial charge in [0.2, 0.25) is 15.9 Å². The summed E-state index contributed by atoms with van der Waals surface area (Å²) in [5.41, 5.74) is 1.00. The van der Waals surface area contributed by atoms with Gasteiger partial charge in [0.05, 0.1) is 11.6 Å². The predicted molar refractivity (Wildman–Crippen MR) is 103 cm³/mol. The average Bonchev–Trinajstić information content (AvgIpc) is 2.69. The van der Waals surface area contributed by atoms with Crippen LogP contribution < -0.4 is 0 Å². The Labute approximate surface area is 164 Å². The molecule has 0 spiro atoms. The van der Waals surface area contributed by atoms with Crippen molar-refractivity contribution in [2.75, 3.05) is 32.8 Å². The molecule has 3 rings (SSSR count). The molecule has 1 saturated heterocycles. The van der Waals surface area contributed by atoms with Crippen molar-refractivity contribution in [2.24, 2.45) is 0 Å². The first-order valence-corrected chi connectivity index (χ1v) is 10.4. The number of carbonyl (C=O) groups excluding carboxylic acids is 1. The van der Waals surface area contributed by atoms with Crippen molar-refractivity contribution < 1.29 is 17.9 Å². The highest BCUT2D eigenvalue weighted by atomic mass is 35.5. The second-order valence-corrected chi connectivity index (χ2v) is 8.51. The molecular weight excluding hydrogens is 388 g/mol. The van der Waals surface area contributed by atoms with Crippen LogP contribution in [-0.2, 0) is 26.2 Å². The van der Waals surface area contributed by atoms with Crippen molar-refractivity contribution >= 4 is 27.5 Å². The van der Waals surface area contributed by atoms with E-state index in [1.165, 1.54) is 10.4 Å². The van der Waals surface area contributed by atoms with E-state index in [1.807, 2.05) is 30.3 Å². The summed E-state index contributed by atoms with van der Waals surface area (Å²) < 4.78 is 32.3. The van der Waals surface area contributed by atoms with Crippen molar-refractivity contribution in [1.29, 1.82) is 0 Å². The Morgan fingerprint density at radius 1 is 0.963 bits per heavy atom. The summed E-state index contributed by atoms with van der Waals surface area (Å²) >= 11 is 6.03. The number of halogens is 1. The van der Waals surface area contributed by atoms with E-state index in [0.29, 0.717) is 19.7 Å². The topological polar surface area (TPSA) is 66.9 Å². The molecule has 0 aliphatic carbocycles. The van der Waals surface area contributed by atoms with E-state index >= 15 is 0 Å². The van der Waals surface area contributed by atoms with Crippen LogP contribution in [0.3, 0.4) is 0 Å².